The second-order valence-corrected chi connectivity index (χ2v) is 7.53. The summed E-state index contributed by atoms with van der Waals surface area (Å²) in [6.45, 7) is 0. The summed E-state index contributed by atoms with van der Waals surface area (Å²) in [6.07, 6.45) is 3.49. The van der Waals surface area contributed by atoms with E-state index in [1.807, 2.05) is 54.0 Å². The molecule has 1 N–H and O–H groups in total. The molecule has 2 aromatic carbocycles. The second-order valence-electron chi connectivity index (χ2n) is 6.58. The van der Waals surface area contributed by atoms with Gasteiger partial charge in [-0.2, -0.15) is 10.2 Å². The summed E-state index contributed by atoms with van der Waals surface area (Å²) >= 11 is 1.57. The summed E-state index contributed by atoms with van der Waals surface area (Å²) in [5.41, 5.74) is 5.60. The van der Waals surface area contributed by atoms with E-state index in [1.165, 1.54) is 12.1 Å². The number of nitro groups is 1. The number of nitro benzene ring substituents is 1. The van der Waals surface area contributed by atoms with Crippen molar-refractivity contribution in [2.24, 2.45) is 5.10 Å². The van der Waals surface area contributed by atoms with Crippen LogP contribution in [0.1, 0.15) is 11.1 Å². The highest BCUT2D eigenvalue weighted by atomic mass is 32.1. The smallest absolute Gasteiger partial charge is 0.269 e. The molecule has 9 heteroatoms. The molecule has 4 rings (SSSR count). The first-order valence-corrected chi connectivity index (χ1v) is 10.2. The highest BCUT2D eigenvalue weighted by Gasteiger charge is 2.12. The molecule has 2 aromatic heterocycles. The summed E-state index contributed by atoms with van der Waals surface area (Å²) in [5, 5.41) is 21.5. The molecule has 0 bridgehead atoms. The Morgan fingerprint density at radius 1 is 1.13 bits per heavy atom. The van der Waals surface area contributed by atoms with E-state index in [4.69, 9.17) is 0 Å². The molecule has 4 aromatic rings. The molecule has 0 radical (unpaired) electrons. The molecular weight excluding hydrogens is 414 g/mol. The number of rotatable bonds is 7. The summed E-state index contributed by atoms with van der Waals surface area (Å²) in [6, 6.07) is 19.5. The number of hydrogen-bond donors (Lipinski definition) is 1. The Morgan fingerprint density at radius 3 is 2.58 bits per heavy atom. The van der Waals surface area contributed by atoms with Gasteiger partial charge >= 0.3 is 0 Å². The zero-order valence-corrected chi connectivity index (χ0v) is 17.0. The van der Waals surface area contributed by atoms with Crippen molar-refractivity contribution in [1.29, 1.82) is 0 Å². The third-order valence-electron chi connectivity index (χ3n) is 4.42. The molecule has 0 aliphatic carbocycles. The summed E-state index contributed by atoms with van der Waals surface area (Å²) < 4.78 is 1.77. The molecule has 31 heavy (non-hydrogen) atoms. The van der Waals surface area contributed by atoms with E-state index in [-0.39, 0.29) is 18.0 Å². The first-order chi connectivity index (χ1) is 15.1. The lowest BCUT2D eigenvalue weighted by Crippen LogP contribution is -2.19. The normalized spacial score (nSPS) is 11.0. The molecule has 0 atom stereocenters. The van der Waals surface area contributed by atoms with Gasteiger partial charge in [0.2, 0.25) is 5.91 Å². The Kier molecular flexibility index (Phi) is 5.95. The van der Waals surface area contributed by atoms with Gasteiger partial charge in [0.15, 0.2) is 0 Å². The Labute approximate surface area is 181 Å². The van der Waals surface area contributed by atoms with Crippen LogP contribution < -0.4 is 5.43 Å². The maximum absolute atomic E-state index is 12.2. The minimum atomic E-state index is -0.477. The van der Waals surface area contributed by atoms with Crippen molar-refractivity contribution in [3.63, 3.8) is 0 Å². The van der Waals surface area contributed by atoms with Crippen LogP contribution in [0, 0.1) is 10.1 Å². The van der Waals surface area contributed by atoms with E-state index in [0.29, 0.717) is 5.56 Å². The summed E-state index contributed by atoms with van der Waals surface area (Å²) in [4.78, 5) is 23.4. The first-order valence-electron chi connectivity index (χ1n) is 9.34. The molecule has 0 saturated carbocycles. The number of non-ortho nitro benzene ring substituents is 1. The minimum absolute atomic E-state index is 0.0151. The number of thiophene rings is 1. The van der Waals surface area contributed by atoms with Crippen LogP contribution in [0.25, 0.3) is 16.3 Å². The number of nitrogens with zero attached hydrogens (tertiary/aromatic N) is 4. The lowest BCUT2D eigenvalue weighted by atomic mass is 10.1. The highest BCUT2D eigenvalue weighted by Crippen LogP contribution is 2.26. The predicted octanol–water partition coefficient (Wildman–Crippen LogP) is 4.20. The minimum Gasteiger partial charge on any atom is -0.273 e. The molecule has 2 heterocycles. The molecule has 0 unspecified atom stereocenters. The van der Waals surface area contributed by atoms with Gasteiger partial charge in [0.25, 0.3) is 5.69 Å². The number of hydrazone groups is 1. The maximum Gasteiger partial charge on any atom is 0.269 e. The van der Waals surface area contributed by atoms with Gasteiger partial charge in [-0.25, -0.2) is 10.1 Å². The lowest BCUT2D eigenvalue weighted by molar-refractivity contribution is -0.384. The molecule has 0 aliphatic rings. The van der Waals surface area contributed by atoms with Crippen molar-refractivity contribution in [3.8, 4) is 16.3 Å². The van der Waals surface area contributed by atoms with E-state index in [9.17, 15) is 14.9 Å². The Balaban J connectivity index is 1.48. The Hall–Kier alpha value is -4.11. The number of carbonyl (C=O) groups is 1. The van der Waals surface area contributed by atoms with Gasteiger partial charge < -0.3 is 0 Å². The van der Waals surface area contributed by atoms with Crippen LogP contribution >= 0.6 is 11.3 Å². The van der Waals surface area contributed by atoms with E-state index in [1.54, 1.807) is 34.4 Å². The molecule has 0 fully saturated rings. The van der Waals surface area contributed by atoms with Crippen molar-refractivity contribution >= 4 is 29.1 Å². The Bertz CT molecular complexity index is 1220. The monoisotopic (exact) mass is 431 g/mol. The van der Waals surface area contributed by atoms with Gasteiger partial charge in [-0.15, -0.1) is 11.3 Å². The van der Waals surface area contributed by atoms with Crippen LogP contribution in [0.15, 0.2) is 83.4 Å². The molecule has 0 spiro atoms. The highest BCUT2D eigenvalue weighted by molar-refractivity contribution is 7.13. The van der Waals surface area contributed by atoms with Gasteiger partial charge in [0.05, 0.1) is 28.1 Å². The Morgan fingerprint density at radius 2 is 1.90 bits per heavy atom. The largest absolute Gasteiger partial charge is 0.273 e. The third kappa shape index (κ3) is 4.90. The van der Waals surface area contributed by atoms with Crippen molar-refractivity contribution in [2.45, 2.75) is 6.42 Å². The fourth-order valence-electron chi connectivity index (χ4n) is 2.93. The van der Waals surface area contributed by atoms with Crippen LogP contribution in [0.2, 0.25) is 0 Å². The number of nitrogens with one attached hydrogen (secondary N) is 1. The second kappa shape index (κ2) is 9.14. The van der Waals surface area contributed by atoms with Crippen LogP contribution in [0.4, 0.5) is 5.69 Å². The molecule has 154 valence electrons. The number of carbonyl (C=O) groups excluding carboxylic acids is 1. The third-order valence-corrected chi connectivity index (χ3v) is 5.30. The number of benzene rings is 2. The van der Waals surface area contributed by atoms with Crippen LogP contribution in [-0.2, 0) is 11.2 Å². The number of para-hydroxylation sites is 1. The maximum atomic E-state index is 12.2. The predicted molar refractivity (Wildman–Crippen MR) is 119 cm³/mol. The van der Waals surface area contributed by atoms with E-state index >= 15 is 0 Å². The topological polar surface area (TPSA) is 102 Å². The fraction of sp³-hybridized carbons (Fsp3) is 0.0455. The van der Waals surface area contributed by atoms with Crippen LogP contribution in [0.3, 0.4) is 0 Å². The van der Waals surface area contributed by atoms with Crippen molar-refractivity contribution in [2.75, 3.05) is 0 Å². The molecule has 1 amide bonds. The average Bonchev–Trinajstić information content (AvgIpc) is 3.45. The van der Waals surface area contributed by atoms with Crippen molar-refractivity contribution < 1.29 is 9.72 Å². The van der Waals surface area contributed by atoms with Gasteiger partial charge in [-0.05, 0) is 29.1 Å². The van der Waals surface area contributed by atoms with Gasteiger partial charge in [-0.1, -0.05) is 36.4 Å². The van der Waals surface area contributed by atoms with E-state index in [2.05, 4.69) is 15.6 Å². The van der Waals surface area contributed by atoms with Crippen molar-refractivity contribution in [3.05, 3.63) is 99.5 Å². The SMILES string of the molecule is O=C(Cc1ccc([N+](=O)[O-])cc1)N/N=C/c1cn(-c2ccccc2)nc1-c1cccs1. The number of aromatic nitrogens is 2. The summed E-state index contributed by atoms with van der Waals surface area (Å²) in [5.74, 6) is -0.321. The lowest BCUT2D eigenvalue weighted by Gasteiger charge is -2.00. The molecule has 0 aliphatic heterocycles. The van der Waals surface area contributed by atoms with Crippen LogP contribution in [-0.4, -0.2) is 26.8 Å². The average molecular weight is 431 g/mol. The number of hydrogen-bond acceptors (Lipinski definition) is 6. The molecule has 0 saturated heterocycles. The molecular formula is C22H17N5O3S. The first kappa shape index (κ1) is 20.2. The quantitative estimate of drug-likeness (QED) is 0.269. The van der Waals surface area contributed by atoms with E-state index in [0.717, 1.165) is 21.8 Å². The standard InChI is InChI=1S/C22H17N5O3S/c28-21(13-16-8-10-19(11-9-16)27(29)30)24-23-14-17-15-26(18-5-2-1-3-6-18)25-22(17)20-7-4-12-31-20/h1-12,14-15H,13H2,(H,24,28)/b23-14+. The van der Waals surface area contributed by atoms with E-state index < -0.39 is 4.92 Å². The fourth-order valence-corrected chi connectivity index (χ4v) is 3.66. The van der Waals surface area contributed by atoms with Crippen molar-refractivity contribution in [1.82, 2.24) is 15.2 Å². The van der Waals surface area contributed by atoms with Gasteiger partial charge in [-0.3, -0.25) is 14.9 Å². The zero-order valence-electron chi connectivity index (χ0n) is 16.2. The zero-order chi connectivity index (χ0) is 21.6. The number of amides is 1. The van der Waals surface area contributed by atoms with Gasteiger partial charge in [0, 0.05) is 23.9 Å². The summed E-state index contributed by atoms with van der Waals surface area (Å²) in [7, 11) is 0. The van der Waals surface area contributed by atoms with Crippen LogP contribution in [0.5, 0.6) is 0 Å². The van der Waals surface area contributed by atoms with Gasteiger partial charge in [0.1, 0.15) is 5.69 Å². The molecule has 8 nitrogen and oxygen atoms in total.